The molecule has 7 aromatic carbocycles. The number of aromatic carboxylic acids is 3. The highest BCUT2D eigenvalue weighted by Crippen LogP contribution is 2.47. The van der Waals surface area contributed by atoms with Crippen LogP contribution in [0.1, 0.15) is 380 Å². The molecule has 0 saturated carbocycles. The predicted octanol–water partition coefficient (Wildman–Crippen LogP) is 31.2. The van der Waals surface area contributed by atoms with Crippen molar-refractivity contribution in [1.29, 1.82) is 0 Å². The Bertz CT molecular complexity index is 3860. The van der Waals surface area contributed by atoms with Crippen LogP contribution in [0.15, 0.2) is 188 Å². The topological polar surface area (TPSA) is 175 Å². The van der Waals surface area contributed by atoms with E-state index in [1.54, 1.807) is 50.2 Å². The number of esters is 1. The zero-order valence-corrected chi connectivity index (χ0v) is 84.3. The Hall–Kier alpha value is -8.11. The summed E-state index contributed by atoms with van der Waals surface area (Å²) < 4.78 is 4.57. The largest absolute Gasteiger partial charge is 0.481 e. The summed E-state index contributed by atoms with van der Waals surface area (Å²) >= 11 is 0. The number of benzene rings is 7. The lowest BCUT2D eigenvalue weighted by atomic mass is 9.65. The molecule has 120 heavy (non-hydrogen) atoms. The third-order valence-electron chi connectivity index (χ3n) is 29.0. The Kier molecular flexibility index (Phi) is 41.6. The van der Waals surface area contributed by atoms with Gasteiger partial charge in [0.1, 0.15) is 0 Å². The molecule has 0 aliphatic carbocycles. The summed E-state index contributed by atoms with van der Waals surface area (Å²) in [6.45, 7) is 96.0. The minimum absolute atomic E-state index is 0.0179. The lowest BCUT2D eigenvalue weighted by Crippen LogP contribution is -2.37. The van der Waals surface area contributed by atoms with E-state index in [9.17, 15) is 24.0 Å². The van der Waals surface area contributed by atoms with Gasteiger partial charge in [-0.3, -0.25) is 9.59 Å². The highest BCUT2D eigenvalue weighted by Gasteiger charge is 2.42. The number of carbonyl (C=O) groups is 5. The van der Waals surface area contributed by atoms with Crippen molar-refractivity contribution < 1.29 is 49.1 Å². The van der Waals surface area contributed by atoms with Crippen LogP contribution in [0.25, 0.3) is 0 Å². The predicted molar refractivity (Wildman–Crippen MR) is 515 cm³/mol. The Morgan fingerprint density at radius 1 is 0.242 bits per heavy atom. The second kappa shape index (κ2) is 43.8. The average molecular weight is 1650 g/mol. The molecule has 0 bridgehead atoms. The molecule has 0 aliphatic heterocycles. The fraction of sp³-hybridized carbons (Fsp3) is 0.573. The molecule has 0 aliphatic rings. The Morgan fingerprint density at radius 2 is 0.400 bits per heavy atom. The highest BCUT2D eigenvalue weighted by molar-refractivity contribution is 5.88. The fourth-order valence-electron chi connectivity index (χ4n) is 10.4. The molecule has 0 saturated heterocycles. The summed E-state index contributed by atoms with van der Waals surface area (Å²) in [7, 11) is 1.42. The van der Waals surface area contributed by atoms with Crippen molar-refractivity contribution in [2.45, 2.75) is 349 Å². The minimum atomic E-state index is -0.875. The standard InChI is InChI=1S/3C14H20O2.C14H22.3C13H20.C8H16O2.C7H14O2/c3*1-13(2,3)14(4,5)11-8-6-10(7-9-11)12(15)16;1-11-7-9-12(10-8-11)14(5,6)13(2,3)4;3*1-12(2,3)13(4,5)11-9-7-6-8-10-11;1-7(2,3)8(4,5)6(9)10;1-5-7(2,3)6(8)9-4/h3*6-9H,1-5H3,(H,15,16);7-10H,1-6H3;3*6-10H,1-5H3;1-5H3,(H,9,10);5H2,1-4H3. The van der Waals surface area contributed by atoms with E-state index < -0.39 is 29.3 Å². The maximum atomic E-state index is 10.8. The first-order valence-electron chi connectivity index (χ1n) is 43.1. The van der Waals surface area contributed by atoms with Crippen molar-refractivity contribution >= 4 is 29.8 Å². The van der Waals surface area contributed by atoms with Crippen molar-refractivity contribution in [3.63, 3.8) is 0 Å². The van der Waals surface area contributed by atoms with Crippen molar-refractivity contribution in [1.82, 2.24) is 0 Å². The Morgan fingerprint density at radius 3 is 0.508 bits per heavy atom. The zero-order chi connectivity index (χ0) is 95.1. The fourth-order valence-corrected chi connectivity index (χ4v) is 10.4. The molecule has 0 unspecified atom stereocenters. The number of carboxylic acid groups (broad SMARTS) is 4. The molecule has 10 nitrogen and oxygen atoms in total. The number of rotatable bonds is 13. The van der Waals surface area contributed by atoms with Gasteiger partial charge in [0.05, 0.1) is 34.6 Å². The number of hydrogen-bond donors (Lipinski definition) is 4. The van der Waals surface area contributed by atoms with Gasteiger partial charge in [0, 0.05) is 0 Å². The van der Waals surface area contributed by atoms with Gasteiger partial charge in [-0.05, 0) is 198 Å². The number of carbonyl (C=O) groups excluding carboxylic acids is 1. The van der Waals surface area contributed by atoms with Crippen LogP contribution < -0.4 is 0 Å². The van der Waals surface area contributed by atoms with Gasteiger partial charge in [0.2, 0.25) is 0 Å². The summed E-state index contributed by atoms with van der Waals surface area (Å²) in [5.41, 5.74) is 13.0. The number of aryl methyl sites for hydroxylation is 1. The second-order valence-electron chi connectivity index (χ2n) is 45.6. The van der Waals surface area contributed by atoms with E-state index >= 15 is 0 Å². The van der Waals surface area contributed by atoms with Gasteiger partial charge in [0.15, 0.2) is 0 Å². The first-order chi connectivity index (χ1) is 53.5. The zero-order valence-electron chi connectivity index (χ0n) is 84.3. The molecule has 672 valence electrons. The lowest BCUT2D eigenvalue weighted by Gasteiger charge is -2.39. The summed E-state index contributed by atoms with van der Waals surface area (Å²) in [6.07, 6.45) is 0.819. The molecule has 0 atom stereocenters. The van der Waals surface area contributed by atoms with Crippen LogP contribution in [0.4, 0.5) is 0 Å². The minimum Gasteiger partial charge on any atom is -0.481 e. The summed E-state index contributed by atoms with van der Waals surface area (Å²) in [5.74, 6) is -3.50. The number of carboxylic acids is 4. The van der Waals surface area contributed by atoms with Crippen LogP contribution in [-0.2, 0) is 52.2 Å². The molecule has 0 fully saturated rings. The van der Waals surface area contributed by atoms with Crippen LogP contribution >= 0.6 is 0 Å². The third-order valence-corrected chi connectivity index (χ3v) is 29.0. The molecule has 0 amide bonds. The van der Waals surface area contributed by atoms with E-state index in [1.165, 1.54) is 51.6 Å². The molecule has 10 heteroatoms. The quantitative estimate of drug-likeness (QED) is 0.0813. The number of ether oxygens (including phenoxy) is 1. The average Bonchev–Trinajstić information content (AvgIpc) is 0.755. The van der Waals surface area contributed by atoms with Crippen LogP contribution in [0.5, 0.6) is 0 Å². The van der Waals surface area contributed by atoms with E-state index in [0.29, 0.717) is 38.4 Å². The van der Waals surface area contributed by atoms with Gasteiger partial charge in [0.25, 0.3) is 0 Å². The molecule has 0 radical (unpaired) electrons. The molecule has 0 heterocycles. The SMILES string of the molecule is CC(C)(C)C(C)(C)C(=O)O.CC(C)(C)C(C)(C)c1ccc(C(=O)O)cc1.CC(C)(C)C(C)(C)c1ccc(C(=O)O)cc1.CC(C)(C)C(C)(C)c1ccc(C(=O)O)cc1.CC(C)(C)C(C)(C)c1ccccc1.CC(C)(C)C(C)(C)c1ccccc1.CC(C)(C)C(C)(C)c1ccccc1.CCC(C)(C)C(=O)OC.Cc1ccc(C(C)(C)C(C)(C)C)cc1. The van der Waals surface area contributed by atoms with Gasteiger partial charge < -0.3 is 25.2 Å². The van der Waals surface area contributed by atoms with E-state index in [0.717, 1.165) is 6.42 Å². The Labute approximate surface area is 734 Å². The lowest BCUT2D eigenvalue weighted by molar-refractivity contribution is -0.153. The van der Waals surface area contributed by atoms with Crippen molar-refractivity contribution in [2.75, 3.05) is 7.11 Å². The van der Waals surface area contributed by atoms with Gasteiger partial charge >= 0.3 is 29.8 Å². The summed E-state index contributed by atoms with van der Waals surface area (Å²) in [5, 5.41) is 35.3. The number of aliphatic carboxylic acids is 1. The van der Waals surface area contributed by atoms with Crippen molar-refractivity contribution in [3.05, 3.63) is 249 Å². The van der Waals surface area contributed by atoms with Crippen molar-refractivity contribution in [2.24, 2.45) is 54.1 Å². The normalized spacial score (nSPS) is 12.7. The van der Waals surface area contributed by atoms with Gasteiger partial charge in [-0.15, -0.1) is 0 Å². The smallest absolute Gasteiger partial charge is 0.335 e. The van der Waals surface area contributed by atoms with E-state index in [2.05, 4.69) is 369 Å². The van der Waals surface area contributed by atoms with Gasteiger partial charge in [-0.2, -0.15) is 0 Å². The molecule has 4 N–H and O–H groups in total. The number of methoxy groups -OCH3 is 1. The molecular formula is C110H172O10. The molecule has 7 rings (SSSR count). The molecule has 0 aromatic heterocycles. The highest BCUT2D eigenvalue weighted by atomic mass is 16.5. The molecule has 7 aromatic rings. The monoisotopic (exact) mass is 1650 g/mol. The van der Waals surface area contributed by atoms with E-state index in [1.807, 2.05) is 77.9 Å². The number of hydrogen-bond acceptors (Lipinski definition) is 6. The van der Waals surface area contributed by atoms with Crippen molar-refractivity contribution in [3.8, 4) is 0 Å². The van der Waals surface area contributed by atoms with E-state index in [-0.39, 0.29) is 70.9 Å². The van der Waals surface area contributed by atoms with Crippen LogP contribution in [0, 0.1) is 61.1 Å². The Balaban J connectivity index is 0. The van der Waals surface area contributed by atoms with Crippen LogP contribution in [-0.4, -0.2) is 57.4 Å². The summed E-state index contributed by atoms with van der Waals surface area (Å²) in [4.78, 5) is 53.8. The van der Waals surface area contributed by atoms with Crippen LogP contribution in [0.2, 0.25) is 0 Å². The second-order valence-corrected chi connectivity index (χ2v) is 45.6. The van der Waals surface area contributed by atoms with Gasteiger partial charge in [-0.25, -0.2) is 14.4 Å². The first-order valence-corrected chi connectivity index (χ1v) is 43.1. The first kappa shape index (κ1) is 114. The van der Waals surface area contributed by atoms with Gasteiger partial charge in [-0.1, -0.05) is 427 Å². The van der Waals surface area contributed by atoms with Crippen LogP contribution in [0.3, 0.4) is 0 Å². The summed E-state index contributed by atoms with van der Waals surface area (Å²) in [6, 6.07) is 62.6. The molecular weight excluding hydrogens is 1480 g/mol. The molecule has 0 spiro atoms. The maximum absolute atomic E-state index is 10.8. The van der Waals surface area contributed by atoms with E-state index in [4.69, 9.17) is 20.4 Å². The third kappa shape index (κ3) is 32.9. The maximum Gasteiger partial charge on any atom is 0.335 e.